The van der Waals surface area contributed by atoms with Crippen LogP contribution in [0.4, 0.5) is 0 Å². The van der Waals surface area contributed by atoms with Crippen molar-refractivity contribution in [2.75, 3.05) is 0 Å². The first-order valence-electron chi connectivity index (χ1n) is 9.84. The summed E-state index contributed by atoms with van der Waals surface area (Å²) in [4.78, 5) is 26.3. The van der Waals surface area contributed by atoms with Gasteiger partial charge in [-0.2, -0.15) is 0 Å². The van der Waals surface area contributed by atoms with E-state index in [1.54, 1.807) is 24.7 Å². The predicted octanol–water partition coefficient (Wildman–Crippen LogP) is 4.20. The Morgan fingerprint density at radius 1 is 1.17 bits per heavy atom. The molecule has 1 aliphatic rings. The highest BCUT2D eigenvalue weighted by Gasteiger charge is 2.35. The highest BCUT2D eigenvalue weighted by Crippen LogP contribution is 2.39. The van der Waals surface area contributed by atoms with Crippen LogP contribution in [0.25, 0.3) is 22.4 Å². The maximum absolute atomic E-state index is 13.0. The predicted molar refractivity (Wildman–Crippen MR) is 111 cm³/mol. The largest absolute Gasteiger partial charge is 0.459 e. The van der Waals surface area contributed by atoms with E-state index >= 15 is 0 Å². The van der Waals surface area contributed by atoms with E-state index in [9.17, 15) is 4.79 Å². The van der Waals surface area contributed by atoms with Crippen molar-refractivity contribution in [3.63, 3.8) is 0 Å². The maximum atomic E-state index is 13.0. The van der Waals surface area contributed by atoms with Gasteiger partial charge in [-0.25, -0.2) is 4.98 Å². The van der Waals surface area contributed by atoms with E-state index in [-0.39, 0.29) is 16.9 Å². The zero-order chi connectivity index (χ0) is 20.0. The van der Waals surface area contributed by atoms with Crippen molar-refractivity contribution in [1.82, 2.24) is 19.5 Å². The second-order valence-electron chi connectivity index (χ2n) is 8.53. The number of nitrogens with zero attached hydrogens (tertiary/aromatic N) is 4. The number of aromatic nitrogens is 4. The molecule has 0 saturated heterocycles. The molecule has 1 aliphatic heterocycles. The first-order chi connectivity index (χ1) is 14.0. The van der Waals surface area contributed by atoms with E-state index in [0.717, 1.165) is 34.7 Å². The smallest absolute Gasteiger partial charge is 0.254 e. The molecule has 0 bridgehead atoms. The van der Waals surface area contributed by atoms with Crippen molar-refractivity contribution >= 4 is 11.1 Å². The topological polar surface area (TPSA) is 73.8 Å². The summed E-state index contributed by atoms with van der Waals surface area (Å²) < 4.78 is 7.85. The van der Waals surface area contributed by atoms with Gasteiger partial charge in [0.05, 0.1) is 5.69 Å². The molecule has 0 fully saturated rings. The Hall–Kier alpha value is -3.28. The minimum absolute atomic E-state index is 0.00558. The normalized spacial score (nSPS) is 17.9. The molecule has 0 aliphatic carbocycles. The van der Waals surface area contributed by atoms with Gasteiger partial charge in [0, 0.05) is 55.2 Å². The third-order valence-corrected chi connectivity index (χ3v) is 5.55. The highest BCUT2D eigenvalue weighted by atomic mass is 16.3. The first-order valence-corrected chi connectivity index (χ1v) is 9.84. The Kier molecular flexibility index (Phi) is 4.08. The molecule has 0 aromatic carbocycles. The van der Waals surface area contributed by atoms with Gasteiger partial charge in [-0.15, -0.1) is 0 Å². The molecule has 0 saturated carbocycles. The van der Waals surface area contributed by atoms with Crippen LogP contribution in [0, 0.1) is 5.41 Å². The summed E-state index contributed by atoms with van der Waals surface area (Å²) in [5, 5.41) is 0. The van der Waals surface area contributed by atoms with Crippen molar-refractivity contribution < 1.29 is 4.42 Å². The second kappa shape index (κ2) is 6.65. The molecule has 0 radical (unpaired) electrons. The molecule has 1 atom stereocenters. The van der Waals surface area contributed by atoms with Crippen molar-refractivity contribution in [3.05, 3.63) is 76.9 Å². The van der Waals surface area contributed by atoms with E-state index in [2.05, 4.69) is 23.8 Å². The van der Waals surface area contributed by atoms with Crippen LogP contribution in [-0.2, 0) is 13.0 Å². The molecular weight excluding hydrogens is 364 g/mol. The van der Waals surface area contributed by atoms with Gasteiger partial charge in [-0.05, 0) is 36.1 Å². The summed E-state index contributed by atoms with van der Waals surface area (Å²) in [5.41, 5.74) is 3.23. The second-order valence-corrected chi connectivity index (χ2v) is 8.53. The molecule has 4 aromatic rings. The number of furan rings is 1. The third-order valence-electron chi connectivity index (χ3n) is 5.55. The Bertz CT molecular complexity index is 1210. The van der Waals surface area contributed by atoms with Crippen molar-refractivity contribution in [3.8, 4) is 11.3 Å². The summed E-state index contributed by atoms with van der Waals surface area (Å²) >= 11 is 0. The van der Waals surface area contributed by atoms with Gasteiger partial charge in [0.25, 0.3) is 5.56 Å². The molecule has 0 N–H and O–H groups in total. The summed E-state index contributed by atoms with van der Waals surface area (Å²) in [7, 11) is 0. The third kappa shape index (κ3) is 3.35. The molecule has 5 heterocycles. The standard InChI is InChI=1S/C23H22N4O2/c1-23(2)13-16(10-17-11-19-20(29-17)4-3-7-25-19)22-26-18(12-21(28)27(22)14-23)15-5-8-24-9-6-15/h3-9,11-12,16H,10,13-14H2,1-2H3. The molecule has 0 spiro atoms. The Morgan fingerprint density at radius 3 is 2.79 bits per heavy atom. The van der Waals surface area contributed by atoms with Crippen LogP contribution >= 0.6 is 0 Å². The van der Waals surface area contributed by atoms with Gasteiger partial charge >= 0.3 is 0 Å². The number of hydrogen-bond donors (Lipinski definition) is 0. The summed E-state index contributed by atoms with van der Waals surface area (Å²) in [6, 6.07) is 11.2. The first kappa shape index (κ1) is 17.8. The Balaban J connectivity index is 1.59. The monoisotopic (exact) mass is 386 g/mol. The van der Waals surface area contributed by atoms with Crippen molar-refractivity contribution in [1.29, 1.82) is 0 Å². The SMILES string of the molecule is CC1(C)CC(Cc2cc3ncccc3o2)c2nc(-c3ccncc3)cc(=O)n2C1. The minimum atomic E-state index is -0.00846. The van der Waals surface area contributed by atoms with Gasteiger partial charge < -0.3 is 4.42 Å². The Morgan fingerprint density at radius 2 is 2.00 bits per heavy atom. The lowest BCUT2D eigenvalue weighted by atomic mass is 9.77. The van der Waals surface area contributed by atoms with Crippen LogP contribution in [0.2, 0.25) is 0 Å². The Labute approximate surface area is 168 Å². The molecule has 0 amide bonds. The van der Waals surface area contributed by atoms with E-state index in [4.69, 9.17) is 9.40 Å². The van der Waals surface area contributed by atoms with Gasteiger partial charge in [0.1, 0.15) is 17.1 Å². The van der Waals surface area contributed by atoms with E-state index in [1.165, 1.54) is 0 Å². The highest BCUT2D eigenvalue weighted by molar-refractivity contribution is 5.72. The van der Waals surface area contributed by atoms with Crippen LogP contribution in [0.1, 0.15) is 37.8 Å². The van der Waals surface area contributed by atoms with Crippen LogP contribution < -0.4 is 5.56 Å². The van der Waals surface area contributed by atoms with Gasteiger partial charge in [-0.1, -0.05) is 13.8 Å². The number of fused-ring (bicyclic) bond motifs is 2. The average molecular weight is 386 g/mol. The molecule has 29 heavy (non-hydrogen) atoms. The van der Waals surface area contributed by atoms with Gasteiger partial charge in [-0.3, -0.25) is 19.3 Å². The van der Waals surface area contributed by atoms with Crippen LogP contribution in [-0.4, -0.2) is 19.5 Å². The molecule has 5 rings (SSSR count). The fourth-order valence-corrected chi connectivity index (χ4v) is 4.34. The average Bonchev–Trinajstić information content (AvgIpc) is 3.11. The van der Waals surface area contributed by atoms with E-state index < -0.39 is 0 Å². The zero-order valence-corrected chi connectivity index (χ0v) is 16.5. The lowest BCUT2D eigenvalue weighted by Crippen LogP contribution is -2.39. The molecule has 6 heteroatoms. The molecule has 6 nitrogen and oxygen atoms in total. The van der Waals surface area contributed by atoms with Crippen molar-refractivity contribution in [2.24, 2.45) is 5.41 Å². The quantitative estimate of drug-likeness (QED) is 0.527. The number of pyridine rings is 2. The zero-order valence-electron chi connectivity index (χ0n) is 16.5. The van der Waals surface area contributed by atoms with Crippen LogP contribution in [0.3, 0.4) is 0 Å². The number of rotatable bonds is 3. The fourth-order valence-electron chi connectivity index (χ4n) is 4.34. The summed E-state index contributed by atoms with van der Waals surface area (Å²) in [6.45, 7) is 5.07. The van der Waals surface area contributed by atoms with Crippen molar-refractivity contribution in [2.45, 2.75) is 39.2 Å². The summed E-state index contributed by atoms with van der Waals surface area (Å²) in [5.74, 6) is 1.79. The van der Waals surface area contributed by atoms with E-state index in [1.807, 2.05) is 34.9 Å². The molecule has 1 unspecified atom stereocenters. The molecule has 146 valence electrons. The maximum Gasteiger partial charge on any atom is 0.254 e. The van der Waals surface area contributed by atoms with E-state index in [0.29, 0.717) is 18.7 Å². The summed E-state index contributed by atoms with van der Waals surface area (Å²) in [6.07, 6.45) is 6.82. The minimum Gasteiger partial charge on any atom is -0.459 e. The van der Waals surface area contributed by atoms with Gasteiger partial charge in [0.15, 0.2) is 5.58 Å². The lowest BCUT2D eigenvalue weighted by Gasteiger charge is -2.37. The molecule has 4 aromatic heterocycles. The van der Waals surface area contributed by atoms with Gasteiger partial charge in [0.2, 0.25) is 0 Å². The van der Waals surface area contributed by atoms with Crippen LogP contribution in [0.15, 0.2) is 64.2 Å². The molecular formula is C23H22N4O2. The lowest BCUT2D eigenvalue weighted by molar-refractivity contribution is 0.204. The number of hydrogen-bond acceptors (Lipinski definition) is 5. The van der Waals surface area contributed by atoms with Crippen LogP contribution in [0.5, 0.6) is 0 Å². The fraction of sp³-hybridized carbons (Fsp3) is 0.304.